The van der Waals surface area contributed by atoms with Gasteiger partial charge in [0.25, 0.3) is 5.91 Å². The first kappa shape index (κ1) is 22.5. The maximum Gasteiger partial charge on any atom is 0.256 e. The topological polar surface area (TPSA) is 80.9 Å². The minimum atomic E-state index is -0.650. The van der Waals surface area contributed by atoms with Gasteiger partial charge in [0, 0.05) is 43.6 Å². The van der Waals surface area contributed by atoms with Crippen LogP contribution in [0.2, 0.25) is 0 Å². The predicted octanol–water partition coefficient (Wildman–Crippen LogP) is 2.83. The van der Waals surface area contributed by atoms with Crippen molar-refractivity contribution in [3.8, 4) is 0 Å². The molecule has 0 saturated carbocycles. The Bertz CT molecular complexity index is 1190. The highest BCUT2D eigenvalue weighted by Crippen LogP contribution is 2.27. The monoisotopic (exact) mass is 477 g/mol. The Balaban J connectivity index is 1.33. The van der Waals surface area contributed by atoms with Crippen LogP contribution >= 0.6 is 12.2 Å². The molecule has 2 N–H and O–H groups in total. The second kappa shape index (κ2) is 9.92. The van der Waals surface area contributed by atoms with E-state index in [-0.39, 0.29) is 18.2 Å². The van der Waals surface area contributed by atoms with Crippen molar-refractivity contribution in [3.05, 3.63) is 60.8 Å². The number of nitrogens with one attached hydrogen (secondary N) is 2. The Morgan fingerprint density at radius 1 is 1.09 bits per heavy atom. The van der Waals surface area contributed by atoms with E-state index < -0.39 is 6.04 Å². The van der Waals surface area contributed by atoms with Gasteiger partial charge in [0.15, 0.2) is 5.11 Å². The van der Waals surface area contributed by atoms with Crippen molar-refractivity contribution in [2.75, 3.05) is 49.6 Å². The maximum atomic E-state index is 13.5. The number of hydrogen-bond donors (Lipinski definition) is 2. The quantitative estimate of drug-likeness (QED) is 0.510. The Morgan fingerprint density at radius 2 is 1.88 bits per heavy atom. The molecule has 8 nitrogen and oxygen atoms in total. The highest BCUT2D eigenvalue weighted by atomic mass is 32.1. The van der Waals surface area contributed by atoms with Gasteiger partial charge in [-0.2, -0.15) is 0 Å². The zero-order valence-electron chi connectivity index (χ0n) is 18.8. The maximum absolute atomic E-state index is 13.5. The minimum absolute atomic E-state index is 0.0220. The van der Waals surface area contributed by atoms with Gasteiger partial charge in [-0.15, -0.1) is 0 Å². The van der Waals surface area contributed by atoms with Crippen molar-refractivity contribution in [1.82, 2.24) is 14.8 Å². The average Bonchev–Trinajstić information content (AvgIpc) is 3.41. The van der Waals surface area contributed by atoms with Crippen LogP contribution in [0, 0.1) is 0 Å². The SMILES string of the molecule is O=C(CC1C(=O)N(c2ccccc2)C(=S)N1CCN1CCOCC1)Nc1ccc2cc[nH]c2c1. The molecule has 0 bridgehead atoms. The molecule has 1 atom stereocenters. The van der Waals surface area contributed by atoms with Crippen molar-refractivity contribution in [3.63, 3.8) is 0 Å². The molecule has 2 aromatic carbocycles. The third-order valence-corrected chi connectivity index (χ3v) is 6.73. The van der Waals surface area contributed by atoms with Crippen molar-refractivity contribution < 1.29 is 14.3 Å². The van der Waals surface area contributed by atoms with E-state index in [4.69, 9.17) is 17.0 Å². The van der Waals surface area contributed by atoms with Crippen LogP contribution in [-0.4, -0.2) is 77.1 Å². The lowest BCUT2D eigenvalue weighted by atomic mass is 10.1. The molecule has 3 aromatic rings. The second-order valence-electron chi connectivity index (χ2n) is 8.49. The number of hydrogen-bond acceptors (Lipinski definition) is 5. The van der Waals surface area contributed by atoms with E-state index in [2.05, 4.69) is 15.2 Å². The van der Waals surface area contributed by atoms with Gasteiger partial charge in [-0.3, -0.25) is 19.4 Å². The summed E-state index contributed by atoms with van der Waals surface area (Å²) >= 11 is 5.74. The molecule has 2 aliphatic heterocycles. The van der Waals surface area contributed by atoms with Gasteiger partial charge in [-0.1, -0.05) is 24.3 Å². The molecule has 34 heavy (non-hydrogen) atoms. The van der Waals surface area contributed by atoms with Crippen molar-refractivity contribution in [1.29, 1.82) is 0 Å². The molecule has 2 amide bonds. The molecule has 176 valence electrons. The average molecular weight is 478 g/mol. The molecule has 2 aliphatic rings. The number of morpholine rings is 1. The van der Waals surface area contributed by atoms with Gasteiger partial charge in [0.2, 0.25) is 5.91 Å². The molecule has 9 heteroatoms. The smallest absolute Gasteiger partial charge is 0.256 e. The third kappa shape index (κ3) is 4.68. The number of para-hydroxylation sites is 1. The highest BCUT2D eigenvalue weighted by Gasteiger charge is 2.44. The number of thiocarbonyl (C=S) groups is 1. The first-order valence-corrected chi connectivity index (χ1v) is 11.9. The predicted molar refractivity (Wildman–Crippen MR) is 136 cm³/mol. The van der Waals surface area contributed by atoms with Crippen LogP contribution in [-0.2, 0) is 14.3 Å². The van der Waals surface area contributed by atoms with E-state index in [1.807, 2.05) is 65.7 Å². The number of amides is 2. The zero-order chi connectivity index (χ0) is 23.5. The standard InChI is InChI=1S/C25H27N5O3S/c31-23(27-19-7-6-18-8-9-26-21(18)16-19)17-22-24(32)30(20-4-2-1-3-5-20)25(34)29(22)11-10-28-12-14-33-15-13-28/h1-9,16,22,26H,10-15,17H2,(H,27,31). The summed E-state index contributed by atoms with van der Waals surface area (Å²) in [5.41, 5.74) is 2.35. The molecule has 2 saturated heterocycles. The highest BCUT2D eigenvalue weighted by molar-refractivity contribution is 7.80. The van der Waals surface area contributed by atoms with Crippen LogP contribution in [0.15, 0.2) is 60.8 Å². The van der Waals surface area contributed by atoms with Crippen molar-refractivity contribution in [2.45, 2.75) is 12.5 Å². The van der Waals surface area contributed by atoms with Crippen molar-refractivity contribution in [2.24, 2.45) is 0 Å². The number of benzene rings is 2. The van der Waals surface area contributed by atoms with E-state index in [0.29, 0.717) is 36.2 Å². The molecular weight excluding hydrogens is 450 g/mol. The summed E-state index contributed by atoms with van der Waals surface area (Å²) in [6.45, 7) is 4.43. The van der Waals surface area contributed by atoms with E-state index >= 15 is 0 Å². The summed E-state index contributed by atoms with van der Waals surface area (Å²) < 4.78 is 5.44. The van der Waals surface area contributed by atoms with Crippen LogP contribution in [0.25, 0.3) is 10.9 Å². The van der Waals surface area contributed by atoms with E-state index in [9.17, 15) is 9.59 Å². The van der Waals surface area contributed by atoms with Gasteiger partial charge < -0.3 is 19.9 Å². The fourth-order valence-electron chi connectivity index (χ4n) is 4.49. The number of nitrogens with zero attached hydrogens (tertiary/aromatic N) is 3. The Labute approximate surface area is 203 Å². The third-order valence-electron chi connectivity index (χ3n) is 6.31. The molecule has 1 aromatic heterocycles. The van der Waals surface area contributed by atoms with Gasteiger partial charge >= 0.3 is 0 Å². The first-order chi connectivity index (χ1) is 16.6. The molecule has 3 heterocycles. The van der Waals surface area contributed by atoms with Gasteiger partial charge in [-0.05, 0) is 47.9 Å². The van der Waals surface area contributed by atoms with Crippen LogP contribution in [0.5, 0.6) is 0 Å². The Morgan fingerprint density at radius 3 is 2.68 bits per heavy atom. The normalized spacial score (nSPS) is 19.2. The number of ether oxygens (including phenoxy) is 1. The lowest BCUT2D eigenvalue weighted by Gasteiger charge is -2.30. The molecule has 0 radical (unpaired) electrons. The Kier molecular flexibility index (Phi) is 6.57. The fourth-order valence-corrected chi connectivity index (χ4v) is 4.90. The zero-order valence-corrected chi connectivity index (χ0v) is 19.6. The summed E-state index contributed by atoms with van der Waals surface area (Å²) in [4.78, 5) is 35.4. The number of carbonyl (C=O) groups is 2. The second-order valence-corrected chi connectivity index (χ2v) is 8.85. The van der Waals surface area contributed by atoms with Gasteiger partial charge in [0.05, 0.1) is 25.3 Å². The van der Waals surface area contributed by atoms with Crippen LogP contribution in [0.3, 0.4) is 0 Å². The number of fused-ring (bicyclic) bond motifs is 1. The van der Waals surface area contributed by atoms with Gasteiger partial charge in [-0.25, -0.2) is 0 Å². The van der Waals surface area contributed by atoms with Crippen LogP contribution in [0.1, 0.15) is 6.42 Å². The lowest BCUT2D eigenvalue weighted by Crippen LogP contribution is -2.45. The van der Waals surface area contributed by atoms with Crippen LogP contribution < -0.4 is 10.2 Å². The molecule has 2 fully saturated rings. The lowest BCUT2D eigenvalue weighted by molar-refractivity contribution is -0.124. The van der Waals surface area contributed by atoms with Crippen molar-refractivity contribution >= 4 is 51.4 Å². The van der Waals surface area contributed by atoms with Crippen LogP contribution in [0.4, 0.5) is 11.4 Å². The van der Waals surface area contributed by atoms with E-state index in [1.54, 1.807) is 4.90 Å². The molecule has 0 aliphatic carbocycles. The summed E-state index contributed by atoms with van der Waals surface area (Å²) in [5.74, 6) is -0.397. The molecule has 5 rings (SSSR count). The first-order valence-electron chi connectivity index (χ1n) is 11.5. The minimum Gasteiger partial charge on any atom is -0.379 e. The summed E-state index contributed by atoms with van der Waals surface area (Å²) in [6.07, 6.45) is 1.88. The molecule has 0 spiro atoms. The molecular formula is C25H27N5O3S. The van der Waals surface area contributed by atoms with E-state index in [0.717, 1.165) is 30.5 Å². The number of H-pyrrole nitrogens is 1. The number of carbonyl (C=O) groups excluding carboxylic acids is 2. The summed E-state index contributed by atoms with van der Waals surface area (Å²) in [7, 11) is 0. The largest absolute Gasteiger partial charge is 0.379 e. The molecule has 1 unspecified atom stereocenters. The summed E-state index contributed by atoms with van der Waals surface area (Å²) in [6, 6.07) is 16.4. The summed E-state index contributed by atoms with van der Waals surface area (Å²) in [5, 5.41) is 4.45. The number of rotatable bonds is 7. The van der Waals surface area contributed by atoms with E-state index in [1.165, 1.54) is 0 Å². The fraction of sp³-hybridized carbons (Fsp3) is 0.320. The van der Waals surface area contributed by atoms with Gasteiger partial charge in [0.1, 0.15) is 6.04 Å². The number of aromatic nitrogens is 1. The number of anilines is 2. The Hall–Kier alpha value is -3.27. The number of aromatic amines is 1.